The summed E-state index contributed by atoms with van der Waals surface area (Å²) in [5.41, 5.74) is 1.47. The number of carbonyl (C=O) groups is 1. The zero-order valence-electron chi connectivity index (χ0n) is 9.12. The smallest absolute Gasteiger partial charge is 0.250 e. The summed E-state index contributed by atoms with van der Waals surface area (Å²) in [6, 6.07) is 9.44. The van der Waals surface area contributed by atoms with Gasteiger partial charge in [-0.15, -0.1) is 0 Å². The van der Waals surface area contributed by atoms with Crippen LogP contribution in [0.15, 0.2) is 42.5 Å². The molecule has 0 bridgehead atoms. The first kappa shape index (κ1) is 11.5. The lowest BCUT2D eigenvalue weighted by Gasteiger charge is -2.06. The number of carbonyl (C=O) groups excluding carboxylic acids is 1. The van der Waals surface area contributed by atoms with Gasteiger partial charge in [0.25, 0.3) is 5.91 Å². The second-order valence-electron chi connectivity index (χ2n) is 3.53. The molecule has 0 aromatic heterocycles. The molecule has 15 heavy (non-hydrogen) atoms. The van der Waals surface area contributed by atoms with Crippen molar-refractivity contribution in [3.8, 4) is 0 Å². The van der Waals surface area contributed by atoms with Gasteiger partial charge >= 0.3 is 0 Å². The van der Waals surface area contributed by atoms with E-state index in [1.165, 1.54) is 0 Å². The third-order valence-electron chi connectivity index (χ3n) is 2.18. The molecule has 0 spiro atoms. The molecule has 1 amide bonds. The molecule has 0 saturated heterocycles. The van der Waals surface area contributed by atoms with Gasteiger partial charge in [0.2, 0.25) is 0 Å². The molecule has 0 fully saturated rings. The highest BCUT2D eigenvalue weighted by Gasteiger charge is 2.05. The number of nitrogens with one attached hydrogen (secondary N) is 1. The number of para-hydroxylation sites is 1. The van der Waals surface area contributed by atoms with Gasteiger partial charge in [0.15, 0.2) is 0 Å². The molecular formula is C13H17NO. The van der Waals surface area contributed by atoms with Crippen LogP contribution in [0, 0.1) is 0 Å². The van der Waals surface area contributed by atoms with Gasteiger partial charge in [-0.1, -0.05) is 38.1 Å². The van der Waals surface area contributed by atoms with Crippen molar-refractivity contribution in [3.05, 3.63) is 42.5 Å². The van der Waals surface area contributed by atoms with E-state index in [1.807, 2.05) is 30.3 Å². The van der Waals surface area contributed by atoms with Gasteiger partial charge in [-0.3, -0.25) is 4.79 Å². The van der Waals surface area contributed by atoms with Gasteiger partial charge in [0.1, 0.15) is 0 Å². The number of amides is 1. The van der Waals surface area contributed by atoms with E-state index in [0.29, 0.717) is 5.57 Å². The molecule has 1 aromatic carbocycles. The van der Waals surface area contributed by atoms with Crippen LogP contribution in [0.1, 0.15) is 26.2 Å². The molecule has 0 heterocycles. The Morgan fingerprint density at radius 3 is 2.60 bits per heavy atom. The van der Waals surface area contributed by atoms with E-state index in [0.717, 1.165) is 24.9 Å². The second kappa shape index (κ2) is 6.02. The van der Waals surface area contributed by atoms with Crippen molar-refractivity contribution in [1.29, 1.82) is 0 Å². The van der Waals surface area contributed by atoms with Crippen molar-refractivity contribution in [2.45, 2.75) is 26.2 Å². The van der Waals surface area contributed by atoms with Crippen molar-refractivity contribution in [1.82, 2.24) is 0 Å². The molecule has 0 aliphatic carbocycles. The Labute approximate surface area is 91.0 Å². The van der Waals surface area contributed by atoms with E-state index >= 15 is 0 Å². The molecule has 2 heteroatoms. The summed E-state index contributed by atoms with van der Waals surface area (Å²) in [7, 11) is 0. The molecule has 1 rings (SSSR count). The van der Waals surface area contributed by atoms with Crippen LogP contribution in [-0.4, -0.2) is 5.91 Å². The van der Waals surface area contributed by atoms with Crippen molar-refractivity contribution in [3.63, 3.8) is 0 Å². The van der Waals surface area contributed by atoms with E-state index in [2.05, 4.69) is 18.8 Å². The summed E-state index contributed by atoms with van der Waals surface area (Å²) in [6.45, 7) is 5.88. The summed E-state index contributed by atoms with van der Waals surface area (Å²) in [6.07, 6.45) is 2.87. The fraction of sp³-hybridized carbons (Fsp3) is 0.308. The Hall–Kier alpha value is -1.57. The predicted octanol–water partition coefficient (Wildman–Crippen LogP) is 3.37. The fourth-order valence-electron chi connectivity index (χ4n) is 1.24. The average Bonchev–Trinajstić information content (AvgIpc) is 2.27. The topological polar surface area (TPSA) is 29.1 Å². The normalized spacial score (nSPS) is 9.67. The highest BCUT2D eigenvalue weighted by molar-refractivity contribution is 6.03. The molecule has 0 saturated carbocycles. The Balaban J connectivity index is 2.45. The van der Waals surface area contributed by atoms with Crippen molar-refractivity contribution < 1.29 is 4.79 Å². The number of benzene rings is 1. The van der Waals surface area contributed by atoms with Crippen LogP contribution < -0.4 is 5.32 Å². The van der Waals surface area contributed by atoms with Gasteiger partial charge in [-0.05, 0) is 25.0 Å². The van der Waals surface area contributed by atoms with Crippen LogP contribution >= 0.6 is 0 Å². The van der Waals surface area contributed by atoms with Gasteiger partial charge < -0.3 is 5.32 Å². The van der Waals surface area contributed by atoms with E-state index in [4.69, 9.17) is 0 Å². The molecular weight excluding hydrogens is 186 g/mol. The van der Waals surface area contributed by atoms with Gasteiger partial charge in [0, 0.05) is 11.3 Å². The lowest BCUT2D eigenvalue weighted by Crippen LogP contribution is -2.13. The van der Waals surface area contributed by atoms with E-state index < -0.39 is 0 Å². The van der Waals surface area contributed by atoms with Crippen LogP contribution in [0.25, 0.3) is 0 Å². The quantitative estimate of drug-likeness (QED) is 0.730. The number of hydrogen-bond acceptors (Lipinski definition) is 1. The minimum absolute atomic E-state index is 0.0744. The molecule has 1 aromatic rings. The monoisotopic (exact) mass is 203 g/mol. The van der Waals surface area contributed by atoms with Gasteiger partial charge in [0.05, 0.1) is 0 Å². The lowest BCUT2D eigenvalue weighted by molar-refractivity contribution is -0.113. The summed E-state index contributed by atoms with van der Waals surface area (Å²) in [4.78, 5) is 11.6. The highest BCUT2D eigenvalue weighted by Crippen LogP contribution is 2.10. The third kappa shape index (κ3) is 3.98. The number of anilines is 1. The summed E-state index contributed by atoms with van der Waals surface area (Å²) >= 11 is 0. The first-order valence-electron chi connectivity index (χ1n) is 5.28. The van der Waals surface area contributed by atoms with Gasteiger partial charge in [-0.25, -0.2) is 0 Å². The zero-order chi connectivity index (χ0) is 11.1. The maximum atomic E-state index is 11.6. The Bertz CT molecular complexity index is 330. The second-order valence-corrected chi connectivity index (χ2v) is 3.53. The molecule has 2 nitrogen and oxygen atoms in total. The molecule has 0 radical (unpaired) electrons. The molecule has 0 aliphatic heterocycles. The molecule has 80 valence electrons. The van der Waals surface area contributed by atoms with Crippen molar-refractivity contribution in [2.24, 2.45) is 0 Å². The number of rotatable bonds is 5. The Morgan fingerprint density at radius 1 is 1.33 bits per heavy atom. The third-order valence-corrected chi connectivity index (χ3v) is 2.18. The summed E-state index contributed by atoms with van der Waals surface area (Å²) < 4.78 is 0. The van der Waals surface area contributed by atoms with E-state index in [1.54, 1.807) is 0 Å². The van der Waals surface area contributed by atoms with Crippen molar-refractivity contribution >= 4 is 11.6 Å². The number of unbranched alkanes of at least 4 members (excludes halogenated alkanes) is 1. The van der Waals surface area contributed by atoms with Gasteiger partial charge in [-0.2, -0.15) is 0 Å². The molecule has 0 unspecified atom stereocenters. The largest absolute Gasteiger partial charge is 0.322 e. The first-order chi connectivity index (χ1) is 7.24. The van der Waals surface area contributed by atoms with Crippen LogP contribution in [0.2, 0.25) is 0 Å². The Kier molecular flexibility index (Phi) is 4.61. The van der Waals surface area contributed by atoms with E-state index in [9.17, 15) is 4.79 Å². The SMILES string of the molecule is C=C(CCCC)C(=O)Nc1ccccc1. The summed E-state index contributed by atoms with van der Waals surface area (Å²) in [5, 5.41) is 2.81. The molecule has 1 N–H and O–H groups in total. The maximum absolute atomic E-state index is 11.6. The van der Waals surface area contributed by atoms with Crippen LogP contribution in [0.5, 0.6) is 0 Å². The predicted molar refractivity (Wildman–Crippen MR) is 63.7 cm³/mol. The number of hydrogen-bond donors (Lipinski definition) is 1. The van der Waals surface area contributed by atoms with E-state index in [-0.39, 0.29) is 5.91 Å². The zero-order valence-corrected chi connectivity index (χ0v) is 9.12. The summed E-state index contributed by atoms with van der Waals surface area (Å²) in [5.74, 6) is -0.0744. The minimum atomic E-state index is -0.0744. The average molecular weight is 203 g/mol. The standard InChI is InChI=1S/C13H17NO/c1-3-4-8-11(2)13(15)14-12-9-6-5-7-10-12/h5-7,9-10H,2-4,8H2,1H3,(H,14,15). The fourth-order valence-corrected chi connectivity index (χ4v) is 1.24. The molecule has 0 atom stereocenters. The van der Waals surface area contributed by atoms with Crippen LogP contribution in [-0.2, 0) is 4.79 Å². The Morgan fingerprint density at radius 2 is 2.00 bits per heavy atom. The first-order valence-corrected chi connectivity index (χ1v) is 5.28. The van der Waals surface area contributed by atoms with Crippen LogP contribution in [0.4, 0.5) is 5.69 Å². The highest BCUT2D eigenvalue weighted by atomic mass is 16.1. The van der Waals surface area contributed by atoms with Crippen molar-refractivity contribution in [2.75, 3.05) is 5.32 Å². The maximum Gasteiger partial charge on any atom is 0.250 e. The molecule has 0 aliphatic rings. The lowest BCUT2D eigenvalue weighted by atomic mass is 10.1. The van der Waals surface area contributed by atoms with Crippen LogP contribution in [0.3, 0.4) is 0 Å². The minimum Gasteiger partial charge on any atom is -0.322 e.